The van der Waals surface area contributed by atoms with E-state index in [0.717, 1.165) is 28.9 Å². The van der Waals surface area contributed by atoms with Gasteiger partial charge in [-0.25, -0.2) is 0 Å². The molecule has 0 spiro atoms. The quantitative estimate of drug-likeness (QED) is 0.718. The fourth-order valence-electron chi connectivity index (χ4n) is 2.85. The smallest absolute Gasteiger partial charge is 0.251 e. The van der Waals surface area contributed by atoms with Crippen molar-refractivity contribution in [1.29, 1.82) is 0 Å². The number of nitrogens with one attached hydrogen (secondary N) is 1. The van der Waals surface area contributed by atoms with Crippen LogP contribution in [0.3, 0.4) is 0 Å². The Labute approximate surface area is 153 Å². The lowest BCUT2D eigenvalue weighted by Gasteiger charge is -2.08. The minimum Gasteiger partial charge on any atom is -0.508 e. The van der Waals surface area contributed by atoms with Crippen LogP contribution in [0.1, 0.15) is 32.9 Å². The van der Waals surface area contributed by atoms with E-state index < -0.39 is 0 Å². The van der Waals surface area contributed by atoms with Crippen LogP contribution in [-0.4, -0.2) is 27.3 Å². The number of carbonyl (C=O) groups excluding carboxylic acids is 1. The lowest BCUT2D eigenvalue weighted by molar-refractivity contribution is 0.0954. The lowest BCUT2D eigenvalue weighted by atomic mass is 10.1. The number of aromatic hydroxyl groups is 1. The highest BCUT2D eigenvalue weighted by Gasteiger charge is 2.06. The van der Waals surface area contributed by atoms with E-state index in [4.69, 9.17) is 0 Å². The first-order valence-corrected chi connectivity index (χ1v) is 8.67. The summed E-state index contributed by atoms with van der Waals surface area (Å²) in [6.07, 6.45) is 0.724. The third-order valence-corrected chi connectivity index (χ3v) is 4.29. The molecule has 26 heavy (non-hydrogen) atoms. The maximum Gasteiger partial charge on any atom is 0.251 e. The maximum absolute atomic E-state index is 12.2. The average Bonchev–Trinajstić information content (AvgIpc) is 2.94. The number of nitrogens with zero attached hydrogens (tertiary/aromatic N) is 2. The number of benzene rings is 2. The van der Waals surface area contributed by atoms with Crippen molar-refractivity contribution in [2.24, 2.45) is 0 Å². The van der Waals surface area contributed by atoms with Crippen molar-refractivity contribution in [2.75, 3.05) is 6.54 Å². The van der Waals surface area contributed by atoms with E-state index in [-0.39, 0.29) is 11.7 Å². The molecule has 0 radical (unpaired) electrons. The second-order valence-corrected chi connectivity index (χ2v) is 6.45. The molecule has 2 aromatic carbocycles. The predicted molar refractivity (Wildman–Crippen MR) is 101 cm³/mol. The van der Waals surface area contributed by atoms with Crippen molar-refractivity contribution in [3.05, 3.63) is 82.7 Å². The summed E-state index contributed by atoms with van der Waals surface area (Å²) in [6, 6.07) is 16.7. The summed E-state index contributed by atoms with van der Waals surface area (Å²) < 4.78 is 1.96. The summed E-state index contributed by atoms with van der Waals surface area (Å²) in [7, 11) is 0. The minimum absolute atomic E-state index is 0.0820. The third kappa shape index (κ3) is 4.51. The molecule has 0 unspecified atom stereocenters. The van der Waals surface area contributed by atoms with Crippen molar-refractivity contribution in [3.63, 3.8) is 0 Å². The zero-order valence-corrected chi connectivity index (χ0v) is 15.1. The molecular formula is C21H23N3O2. The third-order valence-electron chi connectivity index (χ3n) is 4.29. The van der Waals surface area contributed by atoms with Crippen molar-refractivity contribution < 1.29 is 9.90 Å². The van der Waals surface area contributed by atoms with Crippen molar-refractivity contribution >= 4 is 5.91 Å². The first-order chi connectivity index (χ1) is 12.5. The van der Waals surface area contributed by atoms with Gasteiger partial charge in [0.15, 0.2) is 0 Å². The molecule has 0 bridgehead atoms. The van der Waals surface area contributed by atoms with Crippen molar-refractivity contribution in [1.82, 2.24) is 15.1 Å². The Morgan fingerprint density at radius 1 is 1.04 bits per heavy atom. The summed E-state index contributed by atoms with van der Waals surface area (Å²) >= 11 is 0. The van der Waals surface area contributed by atoms with Gasteiger partial charge in [0.1, 0.15) is 5.75 Å². The number of rotatable bonds is 6. The van der Waals surface area contributed by atoms with E-state index in [1.54, 1.807) is 12.1 Å². The topological polar surface area (TPSA) is 67.2 Å². The molecule has 1 amide bonds. The lowest BCUT2D eigenvalue weighted by Crippen LogP contribution is -2.25. The molecule has 134 valence electrons. The fraction of sp³-hybridized carbons (Fsp3) is 0.238. The Morgan fingerprint density at radius 2 is 1.69 bits per heavy atom. The number of phenolic OH excluding ortho intramolecular Hbond substituents is 1. The minimum atomic E-state index is -0.0820. The molecule has 0 aliphatic rings. The molecule has 0 fully saturated rings. The first-order valence-electron chi connectivity index (χ1n) is 8.67. The molecule has 2 N–H and O–H groups in total. The Morgan fingerprint density at radius 3 is 2.31 bits per heavy atom. The van der Waals surface area contributed by atoms with Gasteiger partial charge in [-0.05, 0) is 61.7 Å². The van der Waals surface area contributed by atoms with Gasteiger partial charge < -0.3 is 10.4 Å². The van der Waals surface area contributed by atoms with Crippen LogP contribution in [0.5, 0.6) is 5.75 Å². The van der Waals surface area contributed by atoms with Crippen LogP contribution >= 0.6 is 0 Å². The Balaban J connectivity index is 1.53. The molecule has 0 atom stereocenters. The van der Waals surface area contributed by atoms with Crippen molar-refractivity contribution in [2.45, 2.75) is 26.8 Å². The molecule has 0 aliphatic carbocycles. The zero-order valence-electron chi connectivity index (χ0n) is 15.1. The fourth-order valence-corrected chi connectivity index (χ4v) is 2.85. The van der Waals surface area contributed by atoms with Gasteiger partial charge in [-0.3, -0.25) is 9.48 Å². The van der Waals surface area contributed by atoms with Gasteiger partial charge in [0.25, 0.3) is 5.91 Å². The molecule has 0 saturated carbocycles. The number of hydrogen-bond donors (Lipinski definition) is 2. The van der Waals surface area contributed by atoms with Crippen LogP contribution in [0, 0.1) is 13.8 Å². The van der Waals surface area contributed by atoms with Crippen LogP contribution in [-0.2, 0) is 13.0 Å². The molecule has 3 aromatic rings. The van der Waals surface area contributed by atoms with E-state index in [2.05, 4.69) is 16.5 Å². The highest BCUT2D eigenvalue weighted by Crippen LogP contribution is 2.11. The van der Waals surface area contributed by atoms with Crippen LogP contribution in [0.2, 0.25) is 0 Å². The van der Waals surface area contributed by atoms with E-state index in [1.165, 1.54) is 0 Å². The number of hydrogen-bond acceptors (Lipinski definition) is 3. The van der Waals surface area contributed by atoms with Gasteiger partial charge in [-0.15, -0.1) is 0 Å². The van der Waals surface area contributed by atoms with Gasteiger partial charge in [0.05, 0.1) is 12.2 Å². The van der Waals surface area contributed by atoms with Gasteiger partial charge in [0, 0.05) is 17.8 Å². The summed E-state index contributed by atoms with van der Waals surface area (Å²) in [5.74, 6) is 0.166. The van der Waals surface area contributed by atoms with Crippen LogP contribution in [0.4, 0.5) is 0 Å². The highest BCUT2D eigenvalue weighted by atomic mass is 16.3. The SMILES string of the molecule is Cc1cc(C)n(Cc2ccc(C(=O)NCCc3ccc(O)cc3)cc2)n1. The van der Waals surface area contributed by atoms with E-state index >= 15 is 0 Å². The largest absolute Gasteiger partial charge is 0.508 e. The molecule has 5 heteroatoms. The molecule has 0 saturated heterocycles. The number of phenols is 1. The van der Waals surface area contributed by atoms with E-state index in [9.17, 15) is 9.90 Å². The van der Waals surface area contributed by atoms with Crippen LogP contribution < -0.4 is 5.32 Å². The van der Waals surface area contributed by atoms with Gasteiger partial charge in [0.2, 0.25) is 0 Å². The van der Waals surface area contributed by atoms with E-state index in [0.29, 0.717) is 18.7 Å². The Kier molecular flexibility index (Phi) is 5.37. The normalized spacial score (nSPS) is 10.7. The number of carbonyl (C=O) groups is 1. The second kappa shape index (κ2) is 7.87. The molecule has 1 aromatic heterocycles. The molecular weight excluding hydrogens is 326 g/mol. The number of amides is 1. The van der Waals surface area contributed by atoms with Crippen molar-refractivity contribution in [3.8, 4) is 5.75 Å². The molecule has 5 nitrogen and oxygen atoms in total. The predicted octanol–water partition coefficient (Wildman–Crippen LogP) is 3.23. The second-order valence-electron chi connectivity index (χ2n) is 6.45. The van der Waals surface area contributed by atoms with Crippen LogP contribution in [0.25, 0.3) is 0 Å². The average molecular weight is 349 g/mol. The van der Waals surface area contributed by atoms with Gasteiger partial charge >= 0.3 is 0 Å². The molecule has 3 rings (SSSR count). The zero-order chi connectivity index (χ0) is 18.5. The monoisotopic (exact) mass is 349 g/mol. The standard InChI is InChI=1S/C21H23N3O2/c1-15-13-16(2)24(23-15)14-18-3-7-19(8-4-18)21(26)22-12-11-17-5-9-20(25)10-6-17/h3-10,13,25H,11-12,14H2,1-2H3,(H,22,26). The summed E-state index contributed by atoms with van der Waals surface area (Å²) in [5, 5.41) is 16.7. The number of aromatic nitrogens is 2. The van der Waals surface area contributed by atoms with Gasteiger partial charge in [-0.1, -0.05) is 24.3 Å². The molecule has 0 aliphatic heterocycles. The Bertz CT molecular complexity index is 881. The van der Waals surface area contributed by atoms with E-state index in [1.807, 2.05) is 54.9 Å². The number of aryl methyl sites for hydroxylation is 2. The maximum atomic E-state index is 12.2. The first kappa shape index (κ1) is 17.7. The highest BCUT2D eigenvalue weighted by molar-refractivity contribution is 5.94. The van der Waals surface area contributed by atoms with Gasteiger partial charge in [-0.2, -0.15) is 5.10 Å². The van der Waals surface area contributed by atoms with Crippen LogP contribution in [0.15, 0.2) is 54.6 Å². The summed E-state index contributed by atoms with van der Waals surface area (Å²) in [4.78, 5) is 12.2. The molecule has 1 heterocycles. The Hall–Kier alpha value is -3.08. The summed E-state index contributed by atoms with van der Waals surface area (Å²) in [5.41, 5.74) is 4.96. The summed E-state index contributed by atoms with van der Waals surface area (Å²) in [6.45, 7) is 5.27.